The van der Waals surface area contributed by atoms with Crippen molar-refractivity contribution in [3.63, 3.8) is 0 Å². The van der Waals surface area contributed by atoms with Crippen molar-refractivity contribution in [3.05, 3.63) is 57.8 Å². The van der Waals surface area contributed by atoms with Gasteiger partial charge in [0.25, 0.3) is 0 Å². The van der Waals surface area contributed by atoms with E-state index in [2.05, 4.69) is 17.5 Å². The molecule has 14 heavy (non-hydrogen) atoms. The molecule has 2 aromatic rings. The monoisotopic (exact) mass is 202 g/mol. The average molecular weight is 202 g/mol. The molecule has 1 nitrogen and oxygen atoms in total. The highest BCUT2D eigenvalue weighted by Crippen LogP contribution is 2.14. The van der Waals surface area contributed by atoms with Gasteiger partial charge in [-0.05, 0) is 17.0 Å². The Morgan fingerprint density at radius 3 is 2.50 bits per heavy atom. The van der Waals surface area contributed by atoms with E-state index in [0.717, 1.165) is 18.3 Å². The van der Waals surface area contributed by atoms with Crippen molar-refractivity contribution in [2.45, 2.75) is 6.42 Å². The lowest BCUT2D eigenvalue weighted by molar-refractivity contribution is 0.112. The Labute approximate surface area is 87.0 Å². The molecule has 0 aliphatic rings. The number of aldehydes is 1. The molecule has 0 bridgehead atoms. The number of rotatable bonds is 3. The van der Waals surface area contributed by atoms with E-state index in [1.54, 1.807) is 11.3 Å². The SMILES string of the molecule is O=Cc1ccc(Cc2cccs2)cc1. The molecule has 0 unspecified atom stereocenters. The van der Waals surface area contributed by atoms with Crippen LogP contribution in [0.2, 0.25) is 0 Å². The zero-order chi connectivity index (χ0) is 9.80. The lowest BCUT2D eigenvalue weighted by atomic mass is 10.1. The fourth-order valence-electron chi connectivity index (χ4n) is 1.33. The van der Waals surface area contributed by atoms with Crippen LogP contribution in [0.3, 0.4) is 0 Å². The summed E-state index contributed by atoms with van der Waals surface area (Å²) in [6.07, 6.45) is 1.83. The van der Waals surface area contributed by atoms with Crippen LogP contribution in [-0.2, 0) is 6.42 Å². The highest BCUT2D eigenvalue weighted by molar-refractivity contribution is 7.09. The number of carbonyl (C=O) groups is 1. The van der Waals surface area contributed by atoms with Crippen molar-refractivity contribution in [2.24, 2.45) is 0 Å². The van der Waals surface area contributed by atoms with E-state index in [-0.39, 0.29) is 0 Å². The second-order valence-electron chi connectivity index (χ2n) is 3.12. The maximum Gasteiger partial charge on any atom is 0.150 e. The molecule has 0 saturated carbocycles. The molecule has 0 radical (unpaired) electrons. The molecule has 1 heterocycles. The Hall–Kier alpha value is -1.41. The van der Waals surface area contributed by atoms with E-state index in [9.17, 15) is 4.79 Å². The molecule has 0 aliphatic carbocycles. The molecule has 1 aromatic carbocycles. The standard InChI is InChI=1S/C12H10OS/c13-9-11-5-3-10(4-6-11)8-12-2-1-7-14-12/h1-7,9H,8H2. The van der Waals surface area contributed by atoms with E-state index in [1.165, 1.54) is 10.4 Å². The van der Waals surface area contributed by atoms with Gasteiger partial charge in [-0.2, -0.15) is 0 Å². The Bertz CT molecular complexity index is 400. The van der Waals surface area contributed by atoms with E-state index in [0.29, 0.717) is 0 Å². The second-order valence-corrected chi connectivity index (χ2v) is 4.15. The minimum atomic E-state index is 0.736. The van der Waals surface area contributed by atoms with Gasteiger partial charge in [0.1, 0.15) is 6.29 Å². The van der Waals surface area contributed by atoms with Crippen molar-refractivity contribution >= 4 is 17.6 Å². The third-order valence-corrected chi connectivity index (χ3v) is 2.95. The van der Waals surface area contributed by atoms with Crippen molar-refractivity contribution in [3.8, 4) is 0 Å². The van der Waals surface area contributed by atoms with Crippen LogP contribution in [0, 0.1) is 0 Å². The molecular formula is C12H10OS. The van der Waals surface area contributed by atoms with Crippen molar-refractivity contribution in [1.29, 1.82) is 0 Å². The van der Waals surface area contributed by atoms with Gasteiger partial charge in [-0.1, -0.05) is 30.3 Å². The molecule has 2 rings (SSSR count). The minimum absolute atomic E-state index is 0.736. The summed E-state index contributed by atoms with van der Waals surface area (Å²) < 4.78 is 0. The van der Waals surface area contributed by atoms with Gasteiger partial charge in [0.15, 0.2) is 0 Å². The molecule has 0 fully saturated rings. The van der Waals surface area contributed by atoms with Crippen LogP contribution in [0.5, 0.6) is 0 Å². The van der Waals surface area contributed by atoms with Gasteiger partial charge in [-0.3, -0.25) is 4.79 Å². The van der Waals surface area contributed by atoms with Crippen molar-refractivity contribution < 1.29 is 4.79 Å². The predicted molar refractivity (Wildman–Crippen MR) is 59.0 cm³/mol. The lowest BCUT2D eigenvalue weighted by Gasteiger charge is -1.98. The Balaban J connectivity index is 2.14. The van der Waals surface area contributed by atoms with Crippen LogP contribution < -0.4 is 0 Å². The molecule has 0 N–H and O–H groups in total. The van der Waals surface area contributed by atoms with Crippen LogP contribution in [0.1, 0.15) is 20.8 Å². The number of carbonyl (C=O) groups excluding carboxylic acids is 1. The number of thiophene rings is 1. The van der Waals surface area contributed by atoms with Gasteiger partial charge < -0.3 is 0 Å². The molecule has 0 spiro atoms. The topological polar surface area (TPSA) is 17.1 Å². The first-order chi connectivity index (χ1) is 6.88. The van der Waals surface area contributed by atoms with Gasteiger partial charge in [0, 0.05) is 16.9 Å². The average Bonchev–Trinajstić information content (AvgIpc) is 2.72. The van der Waals surface area contributed by atoms with E-state index >= 15 is 0 Å². The molecule has 0 amide bonds. The van der Waals surface area contributed by atoms with E-state index in [1.807, 2.05) is 24.3 Å². The van der Waals surface area contributed by atoms with Crippen LogP contribution in [0.25, 0.3) is 0 Å². The summed E-state index contributed by atoms with van der Waals surface area (Å²) in [4.78, 5) is 11.8. The predicted octanol–water partition coefficient (Wildman–Crippen LogP) is 3.15. The van der Waals surface area contributed by atoms with Gasteiger partial charge in [-0.25, -0.2) is 0 Å². The fourth-order valence-corrected chi connectivity index (χ4v) is 2.07. The Kier molecular flexibility index (Phi) is 2.75. The summed E-state index contributed by atoms with van der Waals surface area (Å²) in [7, 11) is 0. The maximum atomic E-state index is 10.4. The maximum absolute atomic E-state index is 10.4. The highest BCUT2D eigenvalue weighted by atomic mass is 32.1. The third kappa shape index (κ3) is 2.09. The summed E-state index contributed by atoms with van der Waals surface area (Å²) in [6, 6.07) is 11.9. The minimum Gasteiger partial charge on any atom is -0.298 e. The van der Waals surface area contributed by atoms with Gasteiger partial charge in [0.2, 0.25) is 0 Å². The normalized spacial score (nSPS) is 10.0. The third-order valence-electron chi connectivity index (χ3n) is 2.07. The smallest absolute Gasteiger partial charge is 0.150 e. The Morgan fingerprint density at radius 1 is 1.14 bits per heavy atom. The number of benzene rings is 1. The zero-order valence-electron chi connectivity index (χ0n) is 7.64. The fraction of sp³-hybridized carbons (Fsp3) is 0.0833. The molecular weight excluding hydrogens is 192 g/mol. The molecule has 0 atom stereocenters. The van der Waals surface area contributed by atoms with Gasteiger partial charge in [-0.15, -0.1) is 11.3 Å². The summed E-state index contributed by atoms with van der Waals surface area (Å²) >= 11 is 1.76. The number of hydrogen-bond acceptors (Lipinski definition) is 2. The van der Waals surface area contributed by atoms with Crippen LogP contribution >= 0.6 is 11.3 Å². The van der Waals surface area contributed by atoms with Crippen LogP contribution in [0.4, 0.5) is 0 Å². The molecule has 2 heteroatoms. The van der Waals surface area contributed by atoms with Gasteiger partial charge in [0.05, 0.1) is 0 Å². The number of hydrogen-bond donors (Lipinski definition) is 0. The second kappa shape index (κ2) is 4.20. The zero-order valence-corrected chi connectivity index (χ0v) is 8.46. The summed E-state index contributed by atoms with van der Waals surface area (Å²) in [6.45, 7) is 0. The van der Waals surface area contributed by atoms with Crippen molar-refractivity contribution in [1.82, 2.24) is 0 Å². The summed E-state index contributed by atoms with van der Waals surface area (Å²) in [5.41, 5.74) is 1.98. The first-order valence-electron chi connectivity index (χ1n) is 4.45. The quantitative estimate of drug-likeness (QED) is 0.699. The van der Waals surface area contributed by atoms with Crippen molar-refractivity contribution in [2.75, 3.05) is 0 Å². The molecule has 1 aromatic heterocycles. The summed E-state index contributed by atoms with van der Waals surface area (Å²) in [5.74, 6) is 0. The van der Waals surface area contributed by atoms with Crippen LogP contribution in [0.15, 0.2) is 41.8 Å². The first-order valence-corrected chi connectivity index (χ1v) is 5.33. The largest absolute Gasteiger partial charge is 0.298 e. The first kappa shape index (κ1) is 9.16. The lowest BCUT2D eigenvalue weighted by Crippen LogP contribution is -1.85. The van der Waals surface area contributed by atoms with Gasteiger partial charge >= 0.3 is 0 Å². The van der Waals surface area contributed by atoms with E-state index < -0.39 is 0 Å². The molecule has 70 valence electrons. The van der Waals surface area contributed by atoms with E-state index in [4.69, 9.17) is 0 Å². The molecule has 0 aliphatic heterocycles. The molecule has 0 saturated heterocycles. The Morgan fingerprint density at radius 2 is 1.93 bits per heavy atom. The highest BCUT2D eigenvalue weighted by Gasteiger charge is 1.96. The summed E-state index contributed by atoms with van der Waals surface area (Å²) in [5, 5.41) is 2.08. The van der Waals surface area contributed by atoms with Crippen LogP contribution in [-0.4, -0.2) is 6.29 Å².